The van der Waals surface area contributed by atoms with Gasteiger partial charge < -0.3 is 14.6 Å². The monoisotopic (exact) mass is 432 g/mol. The molecule has 2 aromatic carbocycles. The smallest absolute Gasteiger partial charge is 0.227 e. The fourth-order valence-corrected chi connectivity index (χ4v) is 4.23. The molecule has 0 unspecified atom stereocenters. The van der Waals surface area contributed by atoms with E-state index < -0.39 is 0 Å². The van der Waals surface area contributed by atoms with Crippen molar-refractivity contribution in [2.75, 3.05) is 19.7 Å². The molecule has 1 N–H and O–H groups in total. The Bertz CT molecular complexity index is 1240. The number of aromatic nitrogens is 3. The topological polar surface area (TPSA) is 71.1 Å². The van der Waals surface area contributed by atoms with Gasteiger partial charge in [-0.2, -0.15) is 0 Å². The quantitative estimate of drug-likeness (QED) is 0.518. The molecule has 0 spiro atoms. The molecule has 1 aliphatic heterocycles. The number of morpholine rings is 1. The first-order chi connectivity index (χ1) is 15.2. The maximum absolute atomic E-state index is 13.1. The molecule has 4 aromatic rings. The molecule has 5 rings (SSSR count). The third-order valence-corrected chi connectivity index (χ3v) is 5.80. The van der Waals surface area contributed by atoms with Crippen LogP contribution in [0.3, 0.4) is 0 Å². The second-order valence-corrected chi connectivity index (χ2v) is 7.97. The molecule has 156 valence electrons. The van der Waals surface area contributed by atoms with Crippen molar-refractivity contribution >= 4 is 28.4 Å². The number of hydrogen-bond donors (Lipinski definition) is 1. The predicted molar refractivity (Wildman–Crippen MR) is 120 cm³/mol. The molecular weight excluding hydrogens is 412 g/mol. The van der Waals surface area contributed by atoms with Gasteiger partial charge in [0, 0.05) is 46.6 Å². The summed E-state index contributed by atoms with van der Waals surface area (Å²) in [6, 6.07) is 15.5. The summed E-state index contributed by atoms with van der Waals surface area (Å²) < 4.78 is 6.01. The van der Waals surface area contributed by atoms with E-state index in [1.165, 1.54) is 0 Å². The van der Waals surface area contributed by atoms with E-state index in [-0.39, 0.29) is 12.0 Å². The summed E-state index contributed by atoms with van der Waals surface area (Å²) in [6.45, 7) is 1.45. The normalized spacial score (nSPS) is 16.5. The van der Waals surface area contributed by atoms with Crippen molar-refractivity contribution in [2.45, 2.75) is 12.5 Å². The minimum atomic E-state index is -0.344. The van der Waals surface area contributed by atoms with Gasteiger partial charge in [-0.25, -0.2) is 0 Å². The highest BCUT2D eigenvalue weighted by Gasteiger charge is 2.29. The van der Waals surface area contributed by atoms with Crippen LogP contribution in [-0.4, -0.2) is 45.5 Å². The minimum Gasteiger partial charge on any atom is -0.368 e. The van der Waals surface area contributed by atoms with Gasteiger partial charge in [-0.3, -0.25) is 14.8 Å². The van der Waals surface area contributed by atoms with E-state index in [0.717, 1.165) is 33.4 Å². The van der Waals surface area contributed by atoms with Crippen LogP contribution in [0.15, 0.2) is 67.1 Å². The summed E-state index contributed by atoms with van der Waals surface area (Å²) in [7, 11) is 0. The lowest BCUT2D eigenvalue weighted by Crippen LogP contribution is -2.43. The molecule has 31 heavy (non-hydrogen) atoms. The maximum Gasteiger partial charge on any atom is 0.227 e. The first-order valence-corrected chi connectivity index (χ1v) is 10.6. The third kappa shape index (κ3) is 4.04. The first kappa shape index (κ1) is 19.7. The zero-order valence-corrected chi connectivity index (χ0v) is 17.5. The zero-order chi connectivity index (χ0) is 21.2. The number of carbonyl (C=O) groups is 1. The fourth-order valence-electron chi connectivity index (χ4n) is 4.04. The van der Waals surface area contributed by atoms with E-state index >= 15 is 0 Å². The zero-order valence-electron chi connectivity index (χ0n) is 16.8. The number of fused-ring (bicyclic) bond motifs is 1. The van der Waals surface area contributed by atoms with Gasteiger partial charge >= 0.3 is 0 Å². The fraction of sp³-hybridized carbons (Fsp3) is 0.208. The Balaban J connectivity index is 1.37. The summed E-state index contributed by atoms with van der Waals surface area (Å²) in [5, 5.41) is 1.71. The molecule has 1 aliphatic rings. The van der Waals surface area contributed by atoms with E-state index in [0.29, 0.717) is 31.1 Å². The van der Waals surface area contributed by atoms with Crippen LogP contribution in [0.4, 0.5) is 0 Å². The van der Waals surface area contributed by atoms with Crippen molar-refractivity contribution in [1.29, 1.82) is 0 Å². The minimum absolute atomic E-state index is 0.0752. The highest BCUT2D eigenvalue weighted by molar-refractivity contribution is 6.30. The van der Waals surface area contributed by atoms with Crippen LogP contribution >= 0.6 is 11.6 Å². The Morgan fingerprint density at radius 2 is 2.03 bits per heavy atom. The van der Waals surface area contributed by atoms with Crippen molar-refractivity contribution < 1.29 is 9.53 Å². The molecule has 3 heterocycles. The van der Waals surface area contributed by atoms with Gasteiger partial charge in [-0.05, 0) is 23.8 Å². The Morgan fingerprint density at radius 3 is 2.94 bits per heavy atom. The number of benzene rings is 2. The van der Waals surface area contributed by atoms with Crippen molar-refractivity contribution in [3.05, 3.63) is 83.4 Å². The first-order valence-electron chi connectivity index (χ1n) is 10.2. The molecule has 6 nitrogen and oxygen atoms in total. The number of nitrogens with one attached hydrogen (secondary N) is 1. The van der Waals surface area contributed by atoms with Crippen LogP contribution in [0.1, 0.15) is 17.4 Å². The van der Waals surface area contributed by atoms with E-state index in [4.69, 9.17) is 16.3 Å². The number of hydrogen-bond acceptors (Lipinski definition) is 4. The number of aromatic amines is 1. The van der Waals surface area contributed by atoms with Crippen LogP contribution in [0.2, 0.25) is 5.02 Å². The Hall–Kier alpha value is -3.22. The number of ether oxygens (including phenoxy) is 1. The number of para-hydroxylation sites is 1. The average molecular weight is 433 g/mol. The molecule has 1 saturated heterocycles. The molecule has 0 radical (unpaired) electrons. The number of nitrogens with zero attached hydrogens (tertiary/aromatic N) is 3. The molecule has 1 amide bonds. The lowest BCUT2D eigenvalue weighted by molar-refractivity contribution is -0.138. The molecule has 2 aromatic heterocycles. The molecule has 0 aliphatic carbocycles. The van der Waals surface area contributed by atoms with E-state index in [2.05, 4.69) is 15.0 Å². The lowest BCUT2D eigenvalue weighted by atomic mass is 10.0. The summed E-state index contributed by atoms with van der Waals surface area (Å²) in [6.07, 6.45) is 5.23. The summed E-state index contributed by atoms with van der Waals surface area (Å²) in [4.78, 5) is 27.2. The van der Waals surface area contributed by atoms with Crippen molar-refractivity contribution in [2.24, 2.45) is 0 Å². The van der Waals surface area contributed by atoms with Gasteiger partial charge in [0.15, 0.2) is 0 Å². The van der Waals surface area contributed by atoms with Crippen LogP contribution in [0, 0.1) is 0 Å². The third-order valence-electron chi connectivity index (χ3n) is 5.57. The summed E-state index contributed by atoms with van der Waals surface area (Å²) in [5.41, 5.74) is 4.36. The number of H-pyrrole nitrogens is 1. The van der Waals surface area contributed by atoms with Crippen LogP contribution in [-0.2, 0) is 16.0 Å². The number of amides is 1. The number of carbonyl (C=O) groups excluding carboxylic acids is 1. The van der Waals surface area contributed by atoms with Crippen LogP contribution < -0.4 is 0 Å². The van der Waals surface area contributed by atoms with E-state index in [1.54, 1.807) is 12.4 Å². The Morgan fingerprint density at radius 1 is 1.16 bits per heavy atom. The van der Waals surface area contributed by atoms with E-state index in [9.17, 15) is 4.79 Å². The Labute approximate surface area is 184 Å². The largest absolute Gasteiger partial charge is 0.368 e. The van der Waals surface area contributed by atoms with Gasteiger partial charge in [0.1, 0.15) is 6.10 Å². The average Bonchev–Trinajstić information content (AvgIpc) is 3.22. The standard InChI is InChI=1S/C24H21ClN4O2/c25-18-5-3-4-16(12-18)23-24(27-9-8-26-23)21-15-29(10-11-31-21)22(30)13-17-14-28-20-7-2-1-6-19(17)20/h1-9,12,14,21,28H,10-11,13,15H2/t21-/m1/s1. The highest BCUT2D eigenvalue weighted by atomic mass is 35.5. The van der Waals surface area contributed by atoms with Gasteiger partial charge in [-0.1, -0.05) is 41.9 Å². The van der Waals surface area contributed by atoms with Crippen LogP contribution in [0.5, 0.6) is 0 Å². The second-order valence-electron chi connectivity index (χ2n) is 7.54. The van der Waals surface area contributed by atoms with Crippen molar-refractivity contribution in [3.63, 3.8) is 0 Å². The van der Waals surface area contributed by atoms with Gasteiger partial charge in [0.25, 0.3) is 0 Å². The second kappa shape index (κ2) is 8.49. The molecule has 0 saturated carbocycles. The number of rotatable bonds is 4. The van der Waals surface area contributed by atoms with Crippen LogP contribution in [0.25, 0.3) is 22.2 Å². The Kier molecular flexibility index (Phi) is 5.40. The van der Waals surface area contributed by atoms with Gasteiger partial charge in [-0.15, -0.1) is 0 Å². The molecular formula is C24H21ClN4O2. The predicted octanol–water partition coefficient (Wildman–Crippen LogP) is 4.42. The number of halogens is 1. The maximum atomic E-state index is 13.1. The lowest BCUT2D eigenvalue weighted by Gasteiger charge is -2.33. The molecule has 1 atom stereocenters. The van der Waals surface area contributed by atoms with Gasteiger partial charge in [0.05, 0.1) is 31.0 Å². The summed E-state index contributed by atoms with van der Waals surface area (Å²) in [5.74, 6) is 0.0752. The van der Waals surface area contributed by atoms with Crippen molar-refractivity contribution in [1.82, 2.24) is 19.9 Å². The summed E-state index contributed by atoms with van der Waals surface area (Å²) >= 11 is 6.17. The highest BCUT2D eigenvalue weighted by Crippen LogP contribution is 2.30. The van der Waals surface area contributed by atoms with Gasteiger partial charge in [0.2, 0.25) is 5.91 Å². The molecule has 1 fully saturated rings. The molecule has 0 bridgehead atoms. The van der Waals surface area contributed by atoms with Crippen molar-refractivity contribution in [3.8, 4) is 11.3 Å². The molecule has 7 heteroatoms. The van der Waals surface area contributed by atoms with E-state index in [1.807, 2.05) is 59.6 Å². The SMILES string of the molecule is O=C(Cc1c[nH]c2ccccc12)N1CCO[C@@H](c2nccnc2-c2cccc(Cl)c2)C1.